The molecule has 2 aromatic rings. The molecule has 1 amide bonds. The first-order valence-electron chi connectivity index (χ1n) is 5.39. The lowest BCUT2D eigenvalue weighted by atomic mass is 10.2. The lowest BCUT2D eigenvalue weighted by Crippen LogP contribution is -2.07. The van der Waals surface area contributed by atoms with Crippen LogP contribution in [0.4, 0.5) is 10.8 Å². The third-order valence-electron chi connectivity index (χ3n) is 2.26. The minimum atomic E-state index is -0.574. The summed E-state index contributed by atoms with van der Waals surface area (Å²) < 4.78 is 0. The van der Waals surface area contributed by atoms with E-state index in [2.05, 4.69) is 10.3 Å². The number of thiazole rings is 1. The highest BCUT2D eigenvalue weighted by molar-refractivity contribution is 7.13. The summed E-state index contributed by atoms with van der Waals surface area (Å²) in [5.41, 5.74) is 0.310. The van der Waals surface area contributed by atoms with Crippen LogP contribution in [0.15, 0.2) is 35.9 Å². The van der Waals surface area contributed by atoms with Gasteiger partial charge < -0.3 is 0 Å². The van der Waals surface area contributed by atoms with Crippen molar-refractivity contribution in [1.29, 1.82) is 0 Å². The molecule has 102 valence electrons. The number of nitrogens with one attached hydrogen (secondary N) is 1. The van der Waals surface area contributed by atoms with Gasteiger partial charge in [0.2, 0.25) is 5.91 Å². The van der Waals surface area contributed by atoms with Gasteiger partial charge in [-0.1, -0.05) is 17.7 Å². The van der Waals surface area contributed by atoms with Crippen molar-refractivity contribution in [3.05, 3.63) is 56.6 Å². The van der Waals surface area contributed by atoms with E-state index in [0.29, 0.717) is 10.7 Å². The molecule has 0 atom stereocenters. The Balaban J connectivity index is 2.09. The lowest BCUT2D eigenvalue weighted by molar-refractivity contribution is -0.384. The molecule has 0 saturated heterocycles. The Bertz CT molecular complexity index is 671. The van der Waals surface area contributed by atoms with E-state index in [0.717, 1.165) is 0 Å². The number of benzene rings is 1. The van der Waals surface area contributed by atoms with Gasteiger partial charge in [-0.25, -0.2) is 4.98 Å². The number of aromatic nitrogens is 1. The monoisotopic (exact) mass is 309 g/mol. The molecule has 0 radical (unpaired) electrons. The van der Waals surface area contributed by atoms with Crippen molar-refractivity contribution < 1.29 is 9.72 Å². The Labute approximate surface area is 122 Å². The summed E-state index contributed by atoms with van der Waals surface area (Å²) in [6.45, 7) is 0. The number of amides is 1. The molecule has 0 aliphatic heterocycles. The number of halogens is 1. The molecule has 0 bridgehead atoms. The molecule has 1 aromatic heterocycles. The largest absolute Gasteiger partial charge is 0.298 e. The quantitative estimate of drug-likeness (QED) is 0.533. The van der Waals surface area contributed by atoms with Crippen LogP contribution in [-0.2, 0) is 4.79 Å². The third-order valence-corrected chi connectivity index (χ3v) is 3.26. The van der Waals surface area contributed by atoms with Crippen LogP contribution < -0.4 is 5.32 Å². The minimum Gasteiger partial charge on any atom is -0.298 e. The van der Waals surface area contributed by atoms with Gasteiger partial charge in [-0.2, -0.15) is 0 Å². The molecule has 2 rings (SSSR count). The molecule has 0 aliphatic rings. The number of nitro benzene ring substituents is 1. The molecule has 0 fully saturated rings. The highest BCUT2D eigenvalue weighted by atomic mass is 35.5. The number of carbonyl (C=O) groups is 1. The zero-order chi connectivity index (χ0) is 14.5. The number of hydrogen-bond donors (Lipinski definition) is 1. The van der Waals surface area contributed by atoms with Gasteiger partial charge in [0, 0.05) is 23.7 Å². The van der Waals surface area contributed by atoms with Gasteiger partial charge in [0.25, 0.3) is 5.69 Å². The standard InChI is InChI=1S/C12H8ClN3O3S/c13-9-3-1-8(7-10(9)16(18)19)2-4-11(17)15-12-14-5-6-20-12/h1-7H,(H,14,15,17)/b4-2+. The summed E-state index contributed by atoms with van der Waals surface area (Å²) in [6, 6.07) is 4.30. The predicted molar refractivity (Wildman–Crippen MR) is 77.9 cm³/mol. The summed E-state index contributed by atoms with van der Waals surface area (Å²) in [4.78, 5) is 25.6. The fraction of sp³-hybridized carbons (Fsp3) is 0. The van der Waals surface area contributed by atoms with Crippen molar-refractivity contribution in [2.45, 2.75) is 0 Å². The number of anilines is 1. The topological polar surface area (TPSA) is 85.1 Å². The minimum absolute atomic E-state index is 0.0550. The van der Waals surface area contributed by atoms with Crippen LogP contribution in [0.2, 0.25) is 5.02 Å². The molecule has 1 aromatic carbocycles. The molecule has 0 saturated carbocycles. The van der Waals surface area contributed by atoms with Crippen molar-refractivity contribution in [1.82, 2.24) is 4.98 Å². The van der Waals surface area contributed by atoms with Crippen LogP contribution in [0, 0.1) is 10.1 Å². The fourth-order valence-electron chi connectivity index (χ4n) is 1.38. The zero-order valence-electron chi connectivity index (χ0n) is 9.95. The van der Waals surface area contributed by atoms with Crippen molar-refractivity contribution in [2.75, 3.05) is 5.32 Å². The normalized spacial score (nSPS) is 10.7. The highest BCUT2D eigenvalue weighted by Crippen LogP contribution is 2.25. The number of nitro groups is 1. The molecule has 0 unspecified atom stereocenters. The van der Waals surface area contributed by atoms with Gasteiger partial charge >= 0.3 is 0 Å². The second-order valence-corrected chi connectivity index (χ2v) is 4.93. The molecule has 0 spiro atoms. The third kappa shape index (κ3) is 3.62. The second-order valence-electron chi connectivity index (χ2n) is 3.63. The Hall–Kier alpha value is -2.25. The van der Waals surface area contributed by atoms with Crippen LogP contribution >= 0.6 is 22.9 Å². The summed E-state index contributed by atoms with van der Waals surface area (Å²) in [7, 11) is 0. The average Bonchev–Trinajstić information content (AvgIpc) is 2.90. The van der Waals surface area contributed by atoms with Gasteiger partial charge in [-0.15, -0.1) is 11.3 Å². The van der Waals surface area contributed by atoms with E-state index in [1.165, 1.54) is 35.6 Å². The molecule has 20 heavy (non-hydrogen) atoms. The van der Waals surface area contributed by atoms with Crippen molar-refractivity contribution >= 4 is 45.7 Å². The van der Waals surface area contributed by atoms with E-state index < -0.39 is 4.92 Å². The second kappa shape index (κ2) is 6.27. The summed E-state index contributed by atoms with van der Waals surface area (Å²) >= 11 is 6.99. The van der Waals surface area contributed by atoms with Gasteiger partial charge in [0.05, 0.1) is 4.92 Å². The van der Waals surface area contributed by atoms with Crippen LogP contribution in [0.5, 0.6) is 0 Å². The number of nitrogens with zero attached hydrogens (tertiary/aromatic N) is 2. The number of rotatable bonds is 4. The van der Waals surface area contributed by atoms with Gasteiger partial charge in [0.15, 0.2) is 5.13 Å². The predicted octanol–water partition coefficient (Wildman–Crippen LogP) is 3.36. The van der Waals surface area contributed by atoms with Gasteiger partial charge in [0.1, 0.15) is 5.02 Å². The van der Waals surface area contributed by atoms with E-state index in [4.69, 9.17) is 11.6 Å². The molecule has 0 aliphatic carbocycles. The van der Waals surface area contributed by atoms with Crippen molar-refractivity contribution in [3.8, 4) is 0 Å². The van der Waals surface area contributed by atoms with Gasteiger partial charge in [-0.3, -0.25) is 20.2 Å². The Morgan fingerprint density at radius 1 is 1.50 bits per heavy atom. The maximum atomic E-state index is 11.6. The Morgan fingerprint density at radius 2 is 2.30 bits per heavy atom. The van der Waals surface area contributed by atoms with Crippen LogP contribution in [0.3, 0.4) is 0 Å². The first-order chi connectivity index (χ1) is 9.56. The smallest absolute Gasteiger partial charge is 0.288 e. The summed E-state index contributed by atoms with van der Waals surface area (Å²) in [5, 5.41) is 15.6. The summed E-state index contributed by atoms with van der Waals surface area (Å²) in [5.74, 6) is -0.363. The van der Waals surface area contributed by atoms with Gasteiger partial charge in [-0.05, 0) is 17.7 Å². The van der Waals surface area contributed by atoms with Crippen LogP contribution in [0.1, 0.15) is 5.56 Å². The maximum Gasteiger partial charge on any atom is 0.288 e. The molecule has 1 heterocycles. The molecule has 6 nitrogen and oxygen atoms in total. The maximum absolute atomic E-state index is 11.6. The van der Waals surface area contributed by atoms with E-state index in [-0.39, 0.29) is 16.6 Å². The first-order valence-corrected chi connectivity index (χ1v) is 6.64. The van der Waals surface area contributed by atoms with Crippen LogP contribution in [0.25, 0.3) is 6.08 Å². The van der Waals surface area contributed by atoms with Crippen LogP contribution in [-0.4, -0.2) is 15.8 Å². The lowest BCUT2D eigenvalue weighted by Gasteiger charge is -1.98. The van der Waals surface area contributed by atoms with Crippen molar-refractivity contribution in [3.63, 3.8) is 0 Å². The number of hydrogen-bond acceptors (Lipinski definition) is 5. The molecular weight excluding hydrogens is 302 g/mol. The zero-order valence-corrected chi connectivity index (χ0v) is 11.5. The number of carbonyl (C=O) groups excluding carboxylic acids is 1. The molecule has 1 N–H and O–H groups in total. The molecule has 8 heteroatoms. The highest BCUT2D eigenvalue weighted by Gasteiger charge is 2.11. The fourth-order valence-corrected chi connectivity index (χ4v) is 2.10. The molecular formula is C12H8ClN3O3S. The Kier molecular flexibility index (Phi) is 4.44. The Morgan fingerprint density at radius 3 is 2.95 bits per heavy atom. The average molecular weight is 310 g/mol. The SMILES string of the molecule is O=C(/C=C/c1ccc(Cl)c([N+](=O)[O-])c1)Nc1nccs1. The van der Waals surface area contributed by atoms with E-state index >= 15 is 0 Å². The first kappa shape index (κ1) is 14.2. The van der Waals surface area contributed by atoms with Crippen molar-refractivity contribution in [2.24, 2.45) is 0 Å². The summed E-state index contributed by atoms with van der Waals surface area (Å²) in [6.07, 6.45) is 4.31. The van der Waals surface area contributed by atoms with E-state index in [1.54, 1.807) is 17.6 Å². The van der Waals surface area contributed by atoms with E-state index in [9.17, 15) is 14.9 Å². The van der Waals surface area contributed by atoms with E-state index in [1.807, 2.05) is 0 Å².